The first-order valence-electron chi connectivity index (χ1n) is 11.0. The van der Waals surface area contributed by atoms with Gasteiger partial charge in [0.05, 0.1) is 12.2 Å². The van der Waals surface area contributed by atoms with Crippen LogP contribution in [0.5, 0.6) is 0 Å². The van der Waals surface area contributed by atoms with Gasteiger partial charge in [0, 0.05) is 12.1 Å². The quantitative estimate of drug-likeness (QED) is 0.357. The van der Waals surface area contributed by atoms with Gasteiger partial charge in [0.25, 0.3) is 0 Å². The Hall–Kier alpha value is -1.72. The maximum absolute atomic E-state index is 10.4. The van der Waals surface area contributed by atoms with Crippen molar-refractivity contribution in [2.45, 2.75) is 70.2 Å². The van der Waals surface area contributed by atoms with E-state index >= 15 is 0 Å². The van der Waals surface area contributed by atoms with Gasteiger partial charge in [0.15, 0.2) is 0 Å². The predicted molar refractivity (Wildman–Crippen MR) is 121 cm³/mol. The molecule has 4 nitrogen and oxygen atoms in total. The number of rotatable bonds is 14. The van der Waals surface area contributed by atoms with E-state index in [1.54, 1.807) is 0 Å². The minimum atomic E-state index is -0.462. The van der Waals surface area contributed by atoms with Crippen LogP contribution in [0.1, 0.15) is 69.3 Å². The fourth-order valence-corrected chi connectivity index (χ4v) is 3.54. The molecule has 0 aliphatic rings. The molecule has 0 spiro atoms. The molecule has 4 heteroatoms. The van der Waals surface area contributed by atoms with E-state index in [-0.39, 0.29) is 12.1 Å². The first-order chi connectivity index (χ1) is 14.1. The monoisotopic (exact) mass is 398 g/mol. The molecular weight excluding hydrogens is 360 g/mol. The van der Waals surface area contributed by atoms with Crippen LogP contribution in [0.2, 0.25) is 0 Å². The second kappa shape index (κ2) is 13.5. The van der Waals surface area contributed by atoms with Crippen LogP contribution in [0.3, 0.4) is 0 Å². The maximum atomic E-state index is 10.4. The van der Waals surface area contributed by atoms with Crippen molar-refractivity contribution in [2.75, 3.05) is 13.1 Å². The van der Waals surface area contributed by atoms with Crippen LogP contribution in [0.15, 0.2) is 60.7 Å². The van der Waals surface area contributed by atoms with Gasteiger partial charge in [-0.1, -0.05) is 79.9 Å². The summed E-state index contributed by atoms with van der Waals surface area (Å²) in [5.74, 6) is 0. The topological polar surface area (TPSA) is 64.5 Å². The summed E-state index contributed by atoms with van der Waals surface area (Å²) >= 11 is 0. The van der Waals surface area contributed by atoms with E-state index in [0.717, 1.165) is 37.1 Å². The zero-order valence-corrected chi connectivity index (χ0v) is 17.9. The number of unbranched alkanes of at least 4 members (excludes halogenated alkanes) is 4. The van der Waals surface area contributed by atoms with Crippen LogP contribution in [-0.2, 0) is 0 Å². The molecule has 29 heavy (non-hydrogen) atoms. The zero-order chi connectivity index (χ0) is 20.9. The molecule has 0 saturated carbocycles. The van der Waals surface area contributed by atoms with Crippen LogP contribution in [-0.4, -0.2) is 35.4 Å². The van der Waals surface area contributed by atoms with Crippen molar-refractivity contribution in [3.05, 3.63) is 71.8 Å². The Bertz CT molecular complexity index is 593. The average Bonchev–Trinajstić information content (AvgIpc) is 2.77. The molecule has 0 heterocycles. The molecule has 4 atom stereocenters. The molecule has 0 radical (unpaired) electrons. The number of benzene rings is 2. The highest BCUT2D eigenvalue weighted by atomic mass is 16.3. The minimum Gasteiger partial charge on any atom is -0.387 e. The van der Waals surface area contributed by atoms with Gasteiger partial charge in [-0.2, -0.15) is 0 Å². The minimum absolute atomic E-state index is 0.0547. The van der Waals surface area contributed by atoms with Crippen molar-refractivity contribution in [1.82, 2.24) is 10.6 Å². The molecule has 0 aliphatic carbocycles. The first kappa shape index (κ1) is 23.6. The largest absolute Gasteiger partial charge is 0.387 e. The van der Waals surface area contributed by atoms with Crippen molar-refractivity contribution < 1.29 is 10.2 Å². The highest BCUT2D eigenvalue weighted by molar-refractivity contribution is 5.19. The molecule has 0 aromatic heterocycles. The van der Waals surface area contributed by atoms with Crippen molar-refractivity contribution in [1.29, 1.82) is 0 Å². The third-order valence-electron chi connectivity index (χ3n) is 5.52. The van der Waals surface area contributed by atoms with Crippen LogP contribution >= 0.6 is 0 Å². The highest BCUT2D eigenvalue weighted by Gasteiger charge is 2.15. The number of hydrogen-bond acceptors (Lipinski definition) is 4. The molecule has 0 amide bonds. The Kier molecular flexibility index (Phi) is 11.0. The Morgan fingerprint density at radius 1 is 0.586 bits per heavy atom. The Balaban J connectivity index is 1.47. The molecule has 0 unspecified atom stereocenters. The molecule has 4 N–H and O–H groups in total. The Morgan fingerprint density at radius 3 is 1.31 bits per heavy atom. The summed E-state index contributed by atoms with van der Waals surface area (Å²) in [5.41, 5.74) is 1.93. The molecule has 160 valence electrons. The summed E-state index contributed by atoms with van der Waals surface area (Å²) in [6.45, 7) is 5.94. The van der Waals surface area contributed by atoms with E-state index in [1.165, 1.54) is 19.3 Å². The Labute approximate surface area is 176 Å². The second-order valence-electron chi connectivity index (χ2n) is 7.96. The molecule has 0 saturated heterocycles. The van der Waals surface area contributed by atoms with Gasteiger partial charge in [-0.3, -0.25) is 0 Å². The van der Waals surface area contributed by atoms with Crippen LogP contribution in [0.4, 0.5) is 0 Å². The van der Waals surface area contributed by atoms with E-state index in [0.29, 0.717) is 0 Å². The van der Waals surface area contributed by atoms with Gasteiger partial charge in [-0.25, -0.2) is 0 Å². The summed E-state index contributed by atoms with van der Waals surface area (Å²) in [5, 5.41) is 27.6. The molecule has 2 rings (SSSR count). The SMILES string of the molecule is C[C@H](NCCCCCCCN[C@H](C)[C@@H](O)c1ccccc1)[C@H](O)c1ccccc1. The van der Waals surface area contributed by atoms with E-state index in [9.17, 15) is 10.2 Å². The van der Waals surface area contributed by atoms with Gasteiger partial charge in [-0.15, -0.1) is 0 Å². The summed E-state index contributed by atoms with van der Waals surface area (Å²) in [7, 11) is 0. The summed E-state index contributed by atoms with van der Waals surface area (Å²) < 4.78 is 0. The lowest BCUT2D eigenvalue weighted by molar-refractivity contribution is 0.135. The van der Waals surface area contributed by atoms with Gasteiger partial charge in [0.2, 0.25) is 0 Å². The normalized spacial score (nSPS) is 15.6. The lowest BCUT2D eigenvalue weighted by atomic mass is 10.0. The molecule has 2 aromatic carbocycles. The number of nitrogens with one attached hydrogen (secondary N) is 2. The van der Waals surface area contributed by atoms with Gasteiger partial charge < -0.3 is 20.8 Å². The first-order valence-corrected chi connectivity index (χ1v) is 11.0. The van der Waals surface area contributed by atoms with E-state index in [2.05, 4.69) is 10.6 Å². The van der Waals surface area contributed by atoms with Crippen molar-refractivity contribution in [3.8, 4) is 0 Å². The van der Waals surface area contributed by atoms with Crippen molar-refractivity contribution >= 4 is 0 Å². The molecule has 0 bridgehead atoms. The molecule has 0 fully saturated rings. The number of aliphatic hydroxyl groups is 2. The van der Waals surface area contributed by atoms with Crippen LogP contribution in [0, 0.1) is 0 Å². The number of aliphatic hydroxyl groups excluding tert-OH is 2. The fraction of sp³-hybridized carbons (Fsp3) is 0.520. The van der Waals surface area contributed by atoms with Crippen LogP contribution in [0.25, 0.3) is 0 Å². The van der Waals surface area contributed by atoms with E-state index in [1.807, 2.05) is 74.5 Å². The summed E-state index contributed by atoms with van der Waals surface area (Å²) in [4.78, 5) is 0. The lowest BCUT2D eigenvalue weighted by Gasteiger charge is -2.21. The number of hydrogen-bond donors (Lipinski definition) is 4. The third-order valence-corrected chi connectivity index (χ3v) is 5.52. The maximum Gasteiger partial charge on any atom is 0.0940 e. The Morgan fingerprint density at radius 2 is 0.931 bits per heavy atom. The third kappa shape index (κ3) is 8.67. The molecule has 2 aromatic rings. The predicted octanol–water partition coefficient (Wildman–Crippen LogP) is 4.36. The lowest BCUT2D eigenvalue weighted by Crippen LogP contribution is -2.33. The molecule has 0 aliphatic heterocycles. The molecular formula is C25H38N2O2. The summed E-state index contributed by atoms with van der Waals surface area (Å²) in [6, 6.07) is 19.8. The van der Waals surface area contributed by atoms with E-state index < -0.39 is 12.2 Å². The highest BCUT2D eigenvalue weighted by Crippen LogP contribution is 2.17. The standard InChI is InChI=1S/C25H38N2O2/c1-20(24(28)22-14-8-6-9-15-22)26-18-12-4-3-5-13-19-27-21(2)25(29)23-16-10-7-11-17-23/h6-11,14-17,20-21,24-29H,3-5,12-13,18-19H2,1-2H3/t20-,21+,24-,25+. The van der Waals surface area contributed by atoms with Crippen molar-refractivity contribution in [2.24, 2.45) is 0 Å². The van der Waals surface area contributed by atoms with Gasteiger partial charge >= 0.3 is 0 Å². The second-order valence-corrected chi connectivity index (χ2v) is 7.96. The zero-order valence-electron chi connectivity index (χ0n) is 17.9. The van der Waals surface area contributed by atoms with Crippen LogP contribution < -0.4 is 10.6 Å². The van der Waals surface area contributed by atoms with Crippen molar-refractivity contribution in [3.63, 3.8) is 0 Å². The van der Waals surface area contributed by atoms with Gasteiger partial charge in [0.1, 0.15) is 0 Å². The smallest absolute Gasteiger partial charge is 0.0940 e. The summed E-state index contributed by atoms with van der Waals surface area (Å²) in [6.07, 6.45) is 4.94. The van der Waals surface area contributed by atoms with E-state index in [4.69, 9.17) is 0 Å². The average molecular weight is 399 g/mol. The fourth-order valence-electron chi connectivity index (χ4n) is 3.54. The van der Waals surface area contributed by atoms with Gasteiger partial charge in [-0.05, 0) is 50.9 Å².